The Morgan fingerprint density at radius 2 is 0.496 bits per heavy atom. The van der Waals surface area contributed by atoms with Gasteiger partial charge in [0.25, 0.3) is 0 Å². The van der Waals surface area contributed by atoms with Crippen molar-refractivity contribution in [2.75, 3.05) is 0 Å². The van der Waals surface area contributed by atoms with Crippen LogP contribution in [0.2, 0.25) is 0 Å². The van der Waals surface area contributed by atoms with Crippen molar-refractivity contribution >= 4 is 272 Å². The lowest BCUT2D eigenvalue weighted by Crippen LogP contribution is -2.02. The maximum Gasteiger partial charge on any atom is 0.201 e. The largest absolute Gasteiger partial charge is 0.313 e. The molecule has 0 amide bonds. The summed E-state index contributed by atoms with van der Waals surface area (Å²) in [5.74, 6) is 0. The number of rotatable bonds is 2. The Hall–Kier alpha value is -19.0. The lowest BCUT2D eigenvalue weighted by Gasteiger charge is -2.22. The van der Waals surface area contributed by atoms with Gasteiger partial charge in [0.15, 0.2) is 11.4 Å². The van der Waals surface area contributed by atoms with Crippen LogP contribution in [-0.2, 0) is 0 Å². The average molecular weight is 1760 g/mol. The number of aryl methyl sites for hydroxylation is 1. The van der Waals surface area contributed by atoms with Crippen LogP contribution in [0.25, 0.3) is 286 Å². The Morgan fingerprint density at radius 1 is 0.180 bits per heavy atom. The summed E-state index contributed by atoms with van der Waals surface area (Å²) in [6.07, 6.45) is 0. The van der Waals surface area contributed by atoms with Crippen LogP contribution in [0.5, 0.6) is 0 Å². The molecule has 0 N–H and O–H groups in total. The molecule has 24 aromatic carbocycles. The van der Waals surface area contributed by atoms with Gasteiger partial charge in [-0.1, -0.05) is 382 Å². The van der Waals surface area contributed by atoms with Crippen molar-refractivity contribution in [3.05, 3.63) is 489 Å². The fourth-order valence-electron chi connectivity index (χ4n) is 24.0. The Labute approximate surface area is 796 Å². The zero-order chi connectivity index (χ0) is 91.9. The van der Waals surface area contributed by atoms with Gasteiger partial charge in [-0.2, -0.15) is 0 Å². The minimum atomic E-state index is 0.122. The quantitative estimate of drug-likeness (QED) is 0.122. The van der Waals surface area contributed by atoms with E-state index in [0.29, 0.717) is 0 Å². The highest BCUT2D eigenvalue weighted by Crippen LogP contribution is 2.55. The van der Waals surface area contributed by atoms with E-state index in [1.54, 1.807) is 6.07 Å². The van der Waals surface area contributed by atoms with Crippen molar-refractivity contribution < 1.29 is 0 Å². The molecule has 0 aliphatic carbocycles. The van der Waals surface area contributed by atoms with Crippen LogP contribution in [-0.4, -0.2) is 17.8 Å². The van der Waals surface area contributed by atoms with Crippen LogP contribution >= 0.6 is 0 Å². The van der Waals surface area contributed by atoms with Crippen LogP contribution < -0.4 is 0 Å². The second kappa shape index (κ2) is 30.8. The molecule has 0 aliphatic heterocycles. The molecule has 31 aromatic rings. The molecule has 139 heavy (non-hydrogen) atoms. The summed E-state index contributed by atoms with van der Waals surface area (Å²) in [5, 5.41) is 45.9. The fourth-order valence-corrected chi connectivity index (χ4v) is 24.0. The van der Waals surface area contributed by atoms with E-state index in [1.165, 1.54) is 217 Å². The first-order chi connectivity index (χ1) is 68.9. The molecule has 31 rings (SSSR count). The maximum atomic E-state index is 8.09. The van der Waals surface area contributed by atoms with Crippen molar-refractivity contribution in [3.63, 3.8) is 0 Å². The molecule has 0 radical (unpaired) electrons. The van der Waals surface area contributed by atoms with E-state index in [1.807, 2.05) is 30.3 Å². The van der Waals surface area contributed by atoms with Crippen molar-refractivity contribution in [2.24, 2.45) is 0 Å². The van der Waals surface area contributed by atoms with Crippen molar-refractivity contribution in [1.82, 2.24) is 17.8 Å². The summed E-state index contributed by atoms with van der Waals surface area (Å²) < 4.78 is 9.60. The average Bonchev–Trinajstić information content (AvgIpc) is 1.61. The molecule has 0 bridgehead atoms. The smallest absolute Gasteiger partial charge is 0.201 e. The molecule has 7 aromatic heterocycles. The zero-order valence-electron chi connectivity index (χ0n) is 75.4. The van der Waals surface area contributed by atoms with E-state index in [4.69, 9.17) is 19.7 Å². The van der Waals surface area contributed by atoms with E-state index >= 15 is 0 Å². The van der Waals surface area contributed by atoms with Gasteiger partial charge in [-0.15, -0.1) is 0 Å². The molecule has 0 spiro atoms. The van der Waals surface area contributed by atoms with Crippen LogP contribution in [0.15, 0.2) is 449 Å². The molecule has 0 atom stereocenters. The van der Waals surface area contributed by atoms with Crippen molar-refractivity contribution in [2.45, 2.75) is 6.92 Å². The van der Waals surface area contributed by atoms with Gasteiger partial charge in [0.05, 0.1) is 75.1 Å². The lowest BCUT2D eigenvalue weighted by atomic mass is 9.87. The van der Waals surface area contributed by atoms with Gasteiger partial charge in [-0.25, -0.2) is 0 Å². The number of pyridine rings is 3. The summed E-state index contributed by atoms with van der Waals surface area (Å²) in [7, 11) is 0. The second-order valence-electron chi connectivity index (χ2n) is 36.7. The highest BCUT2D eigenvalue weighted by molar-refractivity contribution is 6.42. The van der Waals surface area contributed by atoms with Crippen molar-refractivity contribution in [3.8, 4) is 16.8 Å². The number of aromatic nitrogens is 4. The Morgan fingerprint density at radius 3 is 0.993 bits per heavy atom. The number of para-hydroxylation sites is 4. The predicted octanol–water partition coefficient (Wildman–Crippen LogP) is 37.3. The first kappa shape index (κ1) is 78.7. The van der Waals surface area contributed by atoms with E-state index in [0.717, 1.165) is 59.6 Å². The van der Waals surface area contributed by atoms with Gasteiger partial charge in [0.1, 0.15) is 0 Å². The Balaban J connectivity index is 0.0000000913. The molecular formula is C132H77N7. The molecular weight excluding hydrogens is 1680 g/mol. The summed E-state index contributed by atoms with van der Waals surface area (Å²) in [6, 6.07) is 162. The molecule has 640 valence electrons. The second-order valence-corrected chi connectivity index (χ2v) is 36.7. The number of fused-ring (bicyclic) bond motifs is 50. The van der Waals surface area contributed by atoms with Crippen LogP contribution in [0, 0.1) is 26.6 Å². The highest BCUT2D eigenvalue weighted by atomic mass is 15.0. The Bertz CT molecular complexity index is 11000. The van der Waals surface area contributed by atoms with Gasteiger partial charge in [-0.05, 0) is 208 Å². The number of hydrogen-bond acceptors (Lipinski definition) is 0. The number of benzene rings is 24. The maximum absolute atomic E-state index is 8.09. The summed E-state index contributed by atoms with van der Waals surface area (Å²) >= 11 is 0. The third-order valence-corrected chi connectivity index (χ3v) is 29.6. The SMILES string of the molecule is Cc1cc2ccccc2n1-c1c(-c2cc3ccccc3c3ccccc23)c2ccccc2c2ccccc12.[C-]#[N+]c1cc2c(c([N+]#[C-])c1[N+]#[C-])c1c3ccccc3c3ccccc3c1c1cc3ccccc3n21.c1ccc2c(c1)ccc1c2c2c3ccccc3c3ccccc3c2c2cc3ccccc3n12.c1ccc2c(c1)ccc1c3c4ccccc4c4ccccc4c3c3cc4ccccc4n3c21. The van der Waals surface area contributed by atoms with E-state index in [9.17, 15) is 0 Å². The zero-order valence-corrected chi connectivity index (χ0v) is 75.4. The van der Waals surface area contributed by atoms with Gasteiger partial charge < -0.3 is 17.8 Å². The lowest BCUT2D eigenvalue weighted by molar-refractivity contribution is 1.07. The molecule has 0 fully saturated rings. The van der Waals surface area contributed by atoms with Gasteiger partial charge in [0.2, 0.25) is 5.69 Å². The van der Waals surface area contributed by atoms with Gasteiger partial charge in [0, 0.05) is 86.8 Å². The fraction of sp³-hybridized carbons (Fsp3) is 0.00758. The molecule has 0 aliphatic rings. The molecule has 7 nitrogen and oxygen atoms in total. The molecule has 7 heterocycles. The standard InChI is InChI=1S/C37H25N.2C32H19N.C31H14N4/c1-24-22-26-13-3-11-21-35(26)38(24)37-33-20-10-8-17-30(33)29-16-7-9-19-32(29)36(37)34-23-25-12-2-4-14-27(25)28-15-5-6-18-31(28)34;1-3-11-22-20(9-1)17-18-27-30-25-14-6-4-12-23(25)24-13-5-7-15-26(24)31(30)29-19-21-10-2-8-16-28(21)33(29)32(22)27;1-3-11-22-20(9-1)17-18-28-30(22)32-26-15-7-5-13-24(26)23-12-4-6-14-25(23)31(32)29-19-21-10-2-8-16-27(21)33(28)29;1-32-23-17-26-29(31(34-3)30(23)33-2)28-22-14-8-6-12-20(22)19-11-5-7-13-21(19)27(28)25-16-18-10-4-9-15-24(18)35(25)26/h2-23H,1H3;2*1-19H;4-17H. The first-order valence-electron chi connectivity index (χ1n) is 47.3. The van der Waals surface area contributed by atoms with E-state index < -0.39 is 0 Å². The third-order valence-electron chi connectivity index (χ3n) is 29.6. The minimum Gasteiger partial charge on any atom is -0.313 e. The monoisotopic (exact) mass is 1760 g/mol. The summed E-state index contributed by atoms with van der Waals surface area (Å²) in [5.41, 5.74) is 17.3. The van der Waals surface area contributed by atoms with Gasteiger partial charge >= 0.3 is 0 Å². The first-order valence-corrected chi connectivity index (χ1v) is 47.3. The van der Waals surface area contributed by atoms with E-state index in [2.05, 4.69) is 452 Å². The van der Waals surface area contributed by atoms with Crippen LogP contribution in [0.1, 0.15) is 5.69 Å². The van der Waals surface area contributed by atoms with Gasteiger partial charge in [-0.3, -0.25) is 14.5 Å². The molecule has 0 saturated carbocycles. The topological polar surface area (TPSA) is 31.2 Å². The van der Waals surface area contributed by atoms with E-state index in [-0.39, 0.29) is 17.1 Å². The predicted molar refractivity (Wildman–Crippen MR) is 592 cm³/mol. The van der Waals surface area contributed by atoms with Crippen molar-refractivity contribution in [1.29, 1.82) is 0 Å². The Kier molecular flexibility index (Phi) is 17.4. The molecule has 0 saturated heterocycles. The molecule has 7 heteroatoms. The highest BCUT2D eigenvalue weighted by Gasteiger charge is 2.28. The van der Waals surface area contributed by atoms with Crippen LogP contribution in [0.3, 0.4) is 0 Å². The summed E-state index contributed by atoms with van der Waals surface area (Å²) in [4.78, 5) is 11.2. The number of hydrogen-bond donors (Lipinski definition) is 0. The molecule has 0 unspecified atom stereocenters. The third kappa shape index (κ3) is 11.5. The summed E-state index contributed by atoms with van der Waals surface area (Å²) in [6.45, 7) is 25.9. The van der Waals surface area contributed by atoms with Crippen LogP contribution in [0.4, 0.5) is 17.1 Å². The minimum absolute atomic E-state index is 0.122. The normalized spacial score (nSPS) is 11.9. The number of nitrogens with zero attached hydrogens (tertiary/aromatic N) is 7.